The molecule has 2 aliphatic rings. The zero-order chi connectivity index (χ0) is 17.4. The Hall–Kier alpha value is -1.83. The number of nitrogens with zero attached hydrogens (tertiary/aromatic N) is 1. The van der Waals surface area contributed by atoms with E-state index in [1.165, 1.54) is 11.0 Å². The van der Waals surface area contributed by atoms with E-state index in [-0.39, 0.29) is 17.7 Å². The number of carbonyl (C=O) groups excluding carboxylic acids is 2. The Bertz CT molecular complexity index is 541. The zero-order valence-electron chi connectivity index (χ0n) is 13.4. The average molecular weight is 319 g/mol. The van der Waals surface area contributed by atoms with E-state index < -0.39 is 29.5 Å². The van der Waals surface area contributed by atoms with Crippen LogP contribution >= 0.6 is 0 Å². The number of rotatable bonds is 6. The molecule has 1 aliphatic carbocycles. The van der Waals surface area contributed by atoms with Crippen LogP contribution in [0.2, 0.25) is 0 Å². The van der Waals surface area contributed by atoms with Gasteiger partial charge in [-0.05, 0) is 25.7 Å². The number of aliphatic carboxylic acids is 1. The third-order valence-electron chi connectivity index (χ3n) is 4.74. The summed E-state index contributed by atoms with van der Waals surface area (Å²) in [4.78, 5) is 37.9. The maximum atomic E-state index is 12.6. The predicted molar refractivity (Wildman–Crippen MR) is 84.4 cm³/mol. The lowest BCUT2D eigenvalue weighted by molar-refractivity contribution is -0.145. The van der Waals surface area contributed by atoms with Crippen LogP contribution in [-0.4, -0.2) is 59.9 Å². The quantitative estimate of drug-likeness (QED) is 0.450. The second kappa shape index (κ2) is 6.35. The van der Waals surface area contributed by atoms with Crippen LogP contribution in [0.15, 0.2) is 12.7 Å². The van der Waals surface area contributed by atoms with Crippen molar-refractivity contribution < 1.29 is 19.5 Å². The van der Waals surface area contributed by atoms with E-state index >= 15 is 0 Å². The third-order valence-corrected chi connectivity index (χ3v) is 4.74. The van der Waals surface area contributed by atoms with Gasteiger partial charge in [-0.25, -0.2) is 4.79 Å². The van der Waals surface area contributed by atoms with Crippen LogP contribution in [0.3, 0.4) is 0 Å². The summed E-state index contributed by atoms with van der Waals surface area (Å²) in [5, 5.41) is 14.4. The monoisotopic (exact) mass is 319 g/mol. The Balaban J connectivity index is 2.12. The summed E-state index contributed by atoms with van der Waals surface area (Å²) in [6.45, 7) is 7.61. The summed E-state index contributed by atoms with van der Waals surface area (Å²) in [5.41, 5.74) is -1.28. The Morgan fingerprint density at radius 1 is 1.48 bits per heavy atom. The van der Waals surface area contributed by atoms with Crippen molar-refractivity contribution in [2.24, 2.45) is 11.8 Å². The molecule has 3 N–H and O–H groups in total. The average Bonchev–Trinajstić information content (AvgIpc) is 3.10. The molecule has 23 heavy (non-hydrogen) atoms. The number of nitrogens with one attached hydrogen (secondary N) is 2. The van der Waals surface area contributed by atoms with E-state index in [2.05, 4.69) is 17.1 Å². The highest BCUT2D eigenvalue weighted by atomic mass is 16.4. The van der Waals surface area contributed by atoms with Crippen LogP contribution in [0.25, 0.3) is 0 Å². The van der Waals surface area contributed by atoms with Crippen LogP contribution in [0.1, 0.15) is 26.7 Å². The minimum atomic E-state index is -1.28. The molecule has 1 saturated carbocycles. The first-order valence-corrected chi connectivity index (χ1v) is 7.71. The van der Waals surface area contributed by atoms with Crippen LogP contribution < -0.4 is 10.5 Å². The molecule has 1 saturated heterocycles. The Morgan fingerprint density at radius 2 is 2.13 bits per heavy atom. The van der Waals surface area contributed by atoms with E-state index in [0.29, 0.717) is 19.4 Å². The van der Waals surface area contributed by atoms with Crippen LogP contribution in [0, 0.1) is 11.8 Å². The molecule has 2 fully saturated rings. The fourth-order valence-corrected chi connectivity index (χ4v) is 3.18. The van der Waals surface area contributed by atoms with Gasteiger partial charge in [0, 0.05) is 12.5 Å². The number of hydrogen-bond acceptors (Lipinski definition) is 4. The molecular weight excluding hydrogens is 297 g/mol. The SMILES string of the molecule is [B]NC(C)C(=O)N1CC(C)CC1C(=O)NC1(C(=O)O)CC1C=C. The minimum absolute atomic E-state index is 0.162. The van der Waals surface area contributed by atoms with Crippen molar-refractivity contribution in [1.29, 1.82) is 0 Å². The van der Waals surface area contributed by atoms with Gasteiger partial charge in [0.25, 0.3) is 0 Å². The van der Waals surface area contributed by atoms with Crippen LogP contribution in [0.4, 0.5) is 0 Å². The second-order valence-corrected chi connectivity index (χ2v) is 6.55. The highest BCUT2D eigenvalue weighted by molar-refractivity contribution is 6.07. The molecule has 2 amide bonds. The first-order chi connectivity index (χ1) is 10.8. The summed E-state index contributed by atoms with van der Waals surface area (Å²) in [5.74, 6) is -1.89. The number of carbonyl (C=O) groups is 3. The van der Waals surface area contributed by atoms with E-state index in [1.807, 2.05) is 6.92 Å². The number of carboxylic acids is 1. The smallest absolute Gasteiger partial charge is 0.330 e. The standard InChI is InChI=1S/C15H22BN3O4/c1-4-10-6-15(10,14(22)23)17-12(20)11-5-8(2)7-19(11)13(21)9(3)18-16/h4,8-11,18H,1,5-7H2,2-3H3,(H,17,20)(H,22,23). The molecule has 0 spiro atoms. The fraction of sp³-hybridized carbons (Fsp3) is 0.667. The molecule has 0 aromatic heterocycles. The third kappa shape index (κ3) is 3.13. The van der Waals surface area contributed by atoms with Gasteiger partial charge in [-0.3, -0.25) is 9.59 Å². The van der Waals surface area contributed by atoms with Crippen molar-refractivity contribution in [1.82, 2.24) is 15.4 Å². The first-order valence-electron chi connectivity index (χ1n) is 7.71. The molecule has 2 radical (unpaired) electrons. The Labute approximate surface area is 136 Å². The molecule has 2 rings (SSSR count). The lowest BCUT2D eigenvalue weighted by Crippen LogP contribution is -2.55. The molecule has 0 bridgehead atoms. The highest BCUT2D eigenvalue weighted by Crippen LogP contribution is 2.44. The molecular formula is C15H22BN3O4. The summed E-state index contributed by atoms with van der Waals surface area (Å²) in [6, 6.07) is -1.28. The van der Waals surface area contributed by atoms with Crippen molar-refractivity contribution in [3.05, 3.63) is 12.7 Å². The van der Waals surface area contributed by atoms with Gasteiger partial charge in [-0.1, -0.05) is 13.0 Å². The highest BCUT2D eigenvalue weighted by Gasteiger charge is 2.61. The van der Waals surface area contributed by atoms with Gasteiger partial charge < -0.3 is 20.6 Å². The molecule has 0 aromatic rings. The van der Waals surface area contributed by atoms with Crippen molar-refractivity contribution in [2.75, 3.05) is 6.54 Å². The van der Waals surface area contributed by atoms with Gasteiger partial charge >= 0.3 is 5.97 Å². The van der Waals surface area contributed by atoms with Gasteiger partial charge in [-0.2, -0.15) is 0 Å². The van der Waals surface area contributed by atoms with Gasteiger partial charge in [0.15, 0.2) is 7.98 Å². The van der Waals surface area contributed by atoms with E-state index in [1.54, 1.807) is 6.92 Å². The predicted octanol–water partition coefficient (Wildman–Crippen LogP) is -0.569. The van der Waals surface area contributed by atoms with Gasteiger partial charge in [0.2, 0.25) is 11.8 Å². The van der Waals surface area contributed by atoms with Crippen molar-refractivity contribution in [3.8, 4) is 0 Å². The molecule has 7 nitrogen and oxygen atoms in total. The lowest BCUT2D eigenvalue weighted by atomic mass is 10.1. The molecule has 124 valence electrons. The minimum Gasteiger partial charge on any atom is -0.479 e. The van der Waals surface area contributed by atoms with Gasteiger partial charge in [0.1, 0.15) is 11.6 Å². The molecule has 1 aliphatic heterocycles. The first kappa shape index (κ1) is 17.5. The lowest BCUT2D eigenvalue weighted by Gasteiger charge is -2.28. The molecule has 1 heterocycles. The molecule has 5 atom stereocenters. The fourth-order valence-electron chi connectivity index (χ4n) is 3.18. The Morgan fingerprint density at radius 3 is 2.61 bits per heavy atom. The number of hydrogen-bond donors (Lipinski definition) is 3. The largest absolute Gasteiger partial charge is 0.479 e. The van der Waals surface area contributed by atoms with Crippen molar-refractivity contribution >= 4 is 25.8 Å². The van der Waals surface area contributed by atoms with Gasteiger partial charge in [-0.15, -0.1) is 6.58 Å². The summed E-state index contributed by atoms with van der Waals surface area (Å²) >= 11 is 0. The topological polar surface area (TPSA) is 98.7 Å². The number of amides is 2. The summed E-state index contributed by atoms with van der Waals surface area (Å²) < 4.78 is 0. The molecule has 5 unspecified atom stereocenters. The maximum absolute atomic E-state index is 12.6. The van der Waals surface area contributed by atoms with Crippen molar-refractivity contribution in [3.63, 3.8) is 0 Å². The normalized spacial score (nSPS) is 33.8. The van der Waals surface area contributed by atoms with E-state index in [9.17, 15) is 19.5 Å². The number of likely N-dealkylation sites (tertiary alicyclic amines) is 1. The molecule has 8 heteroatoms. The second-order valence-electron chi connectivity index (χ2n) is 6.55. The van der Waals surface area contributed by atoms with Crippen LogP contribution in [0.5, 0.6) is 0 Å². The molecule has 0 aromatic carbocycles. The van der Waals surface area contributed by atoms with E-state index in [0.717, 1.165) is 0 Å². The van der Waals surface area contributed by atoms with Crippen molar-refractivity contribution in [2.45, 2.75) is 44.3 Å². The number of carboxylic acid groups (broad SMARTS) is 1. The van der Waals surface area contributed by atoms with Crippen LogP contribution in [-0.2, 0) is 14.4 Å². The Kier molecular flexibility index (Phi) is 4.84. The summed E-state index contributed by atoms with van der Waals surface area (Å²) in [6.07, 6.45) is 2.37. The maximum Gasteiger partial charge on any atom is 0.330 e. The van der Waals surface area contributed by atoms with Gasteiger partial charge in [0.05, 0.1) is 6.04 Å². The summed E-state index contributed by atoms with van der Waals surface area (Å²) in [7, 11) is 5.30. The zero-order valence-corrected chi connectivity index (χ0v) is 13.4. The van der Waals surface area contributed by atoms with E-state index in [4.69, 9.17) is 7.98 Å².